The highest BCUT2D eigenvalue weighted by molar-refractivity contribution is 6.36. The number of halogens is 3. The zero-order chi connectivity index (χ0) is 44.0. The number of ketones is 4. The van der Waals surface area contributed by atoms with E-state index < -0.39 is 21.7 Å². The molecular weight excluding hydrogens is 791 g/mol. The Morgan fingerprint density at radius 2 is 0.759 bits per heavy atom. The van der Waals surface area contributed by atoms with Gasteiger partial charge in [0.2, 0.25) is 0 Å². The molecule has 0 radical (unpaired) electrons. The van der Waals surface area contributed by atoms with E-state index in [4.69, 9.17) is 34.8 Å². The number of Topliss-reactive ketones (excluding diaryl/α,β-unsaturated/α-hetero) is 4. The first-order valence-electron chi connectivity index (χ1n) is 19.3. The predicted molar refractivity (Wildman–Crippen MR) is 239 cm³/mol. The minimum Gasteiger partial charge on any atom is -0.510 e. The molecule has 0 aromatic heterocycles. The fourth-order valence-corrected chi connectivity index (χ4v) is 8.26. The predicted octanol–water partition coefficient (Wildman–Crippen LogP) is 13.6. The van der Waals surface area contributed by atoms with Crippen LogP contribution in [0.25, 0.3) is 33.4 Å². The summed E-state index contributed by atoms with van der Waals surface area (Å²) in [7, 11) is 0. The van der Waals surface area contributed by atoms with E-state index in [0.717, 1.165) is 38.9 Å². The number of benzene rings is 4. The lowest BCUT2D eigenvalue weighted by Gasteiger charge is -2.38. The Kier molecular flexibility index (Phi) is 13.3. The molecule has 2 aliphatic rings. The van der Waals surface area contributed by atoms with Crippen LogP contribution in [-0.2, 0) is 19.2 Å². The van der Waals surface area contributed by atoms with Gasteiger partial charge < -0.3 is 10.2 Å². The molecule has 0 amide bonds. The van der Waals surface area contributed by atoms with Gasteiger partial charge in [-0.2, -0.15) is 0 Å². The second kappa shape index (κ2) is 16.6. The quantitative estimate of drug-likeness (QED) is 0.198. The topological polar surface area (TPSA) is 109 Å². The molecule has 0 aliphatic heterocycles. The number of hydrogen-bond donors (Lipinski definition) is 2. The van der Waals surface area contributed by atoms with Gasteiger partial charge in [-0.15, -0.1) is 0 Å². The lowest BCUT2D eigenvalue weighted by molar-refractivity contribution is -0.144. The second-order valence-electron chi connectivity index (χ2n) is 16.9. The average molecular weight is 844 g/mol. The van der Waals surface area contributed by atoms with Crippen LogP contribution in [0.15, 0.2) is 84.3 Å². The molecule has 6 nitrogen and oxygen atoms in total. The fraction of sp³-hybridized carbons (Fsp3) is 0.347. The van der Waals surface area contributed by atoms with Crippen molar-refractivity contribution < 1.29 is 29.4 Å². The van der Waals surface area contributed by atoms with E-state index in [2.05, 4.69) is 0 Å². The SMILES string of the molecule is CC.Cc1ccc(-c2cc(Cl)ccc2C)cc1C1=C(O)C(C)(C)C(=O)C(C)(C)C1=O.Cc1ccc(-c2cc(Cl)ccc2Cl)cc1C1=C(O)C(C)(C)C(=O)C(C)(C)C1=O. The largest absolute Gasteiger partial charge is 0.510 e. The first-order chi connectivity index (χ1) is 26.8. The first-order valence-corrected chi connectivity index (χ1v) is 20.4. The summed E-state index contributed by atoms with van der Waals surface area (Å²) in [5.74, 6) is -1.66. The van der Waals surface area contributed by atoms with Crippen LogP contribution >= 0.6 is 34.8 Å². The van der Waals surface area contributed by atoms with Gasteiger partial charge in [-0.1, -0.05) is 79.0 Å². The van der Waals surface area contributed by atoms with Crippen LogP contribution in [-0.4, -0.2) is 33.3 Å². The standard InChI is InChI=1S/C24H25ClO3.C23H22Cl2O3.C2H6/c1-13-8-10-16(25)12-17(13)15-9-7-14(2)18(11-15)19-20(26)23(3,4)22(28)24(5,6)21(19)27;1-12-6-7-13(16-11-14(24)8-9-17(16)25)10-15(12)18-19(26)22(2,3)21(28)23(4,5)20(18)27;1-2/h7-12,26H,1-6H3;6-11,26H,1-5H3;1-2H3. The third kappa shape index (κ3) is 8.08. The molecule has 306 valence electrons. The maximum absolute atomic E-state index is 13.2. The molecule has 2 aliphatic carbocycles. The molecule has 0 saturated heterocycles. The highest BCUT2D eigenvalue weighted by Crippen LogP contribution is 2.49. The van der Waals surface area contributed by atoms with Crippen LogP contribution < -0.4 is 0 Å². The molecule has 4 aromatic carbocycles. The van der Waals surface area contributed by atoms with Crippen molar-refractivity contribution in [1.82, 2.24) is 0 Å². The molecule has 6 rings (SSSR count). The van der Waals surface area contributed by atoms with E-state index in [1.165, 1.54) is 0 Å². The van der Waals surface area contributed by atoms with E-state index in [9.17, 15) is 29.4 Å². The first kappa shape index (κ1) is 46.2. The van der Waals surface area contributed by atoms with Gasteiger partial charge >= 0.3 is 0 Å². The van der Waals surface area contributed by atoms with Gasteiger partial charge in [-0.05, 0) is 163 Å². The van der Waals surface area contributed by atoms with Crippen molar-refractivity contribution in [3.8, 4) is 22.3 Å². The van der Waals surface area contributed by atoms with Crippen molar-refractivity contribution in [3.05, 3.63) is 127 Å². The Labute approximate surface area is 357 Å². The monoisotopic (exact) mass is 842 g/mol. The van der Waals surface area contributed by atoms with Crippen molar-refractivity contribution in [2.24, 2.45) is 21.7 Å². The molecule has 58 heavy (non-hydrogen) atoms. The molecule has 2 N–H and O–H groups in total. The Balaban J connectivity index is 0.000000246. The van der Waals surface area contributed by atoms with E-state index in [0.29, 0.717) is 26.2 Å². The Morgan fingerprint density at radius 1 is 0.431 bits per heavy atom. The highest BCUT2D eigenvalue weighted by Gasteiger charge is 2.54. The zero-order valence-corrected chi connectivity index (χ0v) is 37.9. The number of hydrogen-bond acceptors (Lipinski definition) is 6. The Hall–Kier alpha value is -4.49. The van der Waals surface area contributed by atoms with Crippen molar-refractivity contribution in [3.63, 3.8) is 0 Å². The molecule has 0 spiro atoms. The summed E-state index contributed by atoms with van der Waals surface area (Å²) in [4.78, 5) is 52.0. The van der Waals surface area contributed by atoms with Gasteiger partial charge in [0.15, 0.2) is 23.1 Å². The molecule has 0 unspecified atom stereocenters. The van der Waals surface area contributed by atoms with Crippen LogP contribution in [0.3, 0.4) is 0 Å². The molecular formula is C49H53Cl3O6. The van der Waals surface area contributed by atoms with Gasteiger partial charge in [0.1, 0.15) is 11.5 Å². The van der Waals surface area contributed by atoms with Gasteiger partial charge in [-0.25, -0.2) is 0 Å². The average Bonchev–Trinajstić information content (AvgIpc) is 3.17. The number of aliphatic hydroxyl groups is 2. The van der Waals surface area contributed by atoms with Crippen molar-refractivity contribution in [2.45, 2.75) is 90.0 Å². The Bertz CT molecular complexity index is 2260. The summed E-state index contributed by atoms with van der Waals surface area (Å²) >= 11 is 18.7. The van der Waals surface area contributed by atoms with Gasteiger partial charge in [0, 0.05) is 20.6 Å². The van der Waals surface area contributed by atoms with Crippen LogP contribution in [0.5, 0.6) is 0 Å². The minimum atomic E-state index is -1.22. The maximum atomic E-state index is 13.2. The Morgan fingerprint density at radius 3 is 1.17 bits per heavy atom. The number of carbonyl (C=O) groups is 4. The normalized spacial score (nSPS) is 18.0. The van der Waals surface area contributed by atoms with E-state index in [-0.39, 0.29) is 45.8 Å². The van der Waals surface area contributed by atoms with Gasteiger partial charge in [0.05, 0.1) is 32.8 Å². The summed E-state index contributed by atoms with van der Waals surface area (Å²) < 4.78 is 0. The molecule has 4 aromatic rings. The van der Waals surface area contributed by atoms with E-state index in [1.807, 2.05) is 89.2 Å². The van der Waals surface area contributed by atoms with Crippen molar-refractivity contribution >= 4 is 69.1 Å². The fourth-order valence-electron chi connectivity index (χ4n) is 7.69. The molecule has 0 saturated carbocycles. The maximum Gasteiger partial charge on any atom is 0.179 e. The number of allylic oxidation sites excluding steroid dienone is 4. The molecule has 0 fully saturated rings. The summed E-state index contributed by atoms with van der Waals surface area (Å²) in [6, 6.07) is 22.2. The zero-order valence-electron chi connectivity index (χ0n) is 35.6. The van der Waals surface area contributed by atoms with Crippen LogP contribution in [0, 0.1) is 42.4 Å². The van der Waals surface area contributed by atoms with Crippen LogP contribution in [0.4, 0.5) is 0 Å². The lowest BCUT2D eigenvalue weighted by atomic mass is 9.62. The van der Waals surface area contributed by atoms with Crippen LogP contribution in [0.1, 0.15) is 97.1 Å². The minimum absolute atomic E-state index is 0.162. The highest BCUT2D eigenvalue weighted by atomic mass is 35.5. The lowest BCUT2D eigenvalue weighted by Crippen LogP contribution is -2.48. The van der Waals surface area contributed by atoms with Crippen molar-refractivity contribution in [2.75, 3.05) is 0 Å². The number of aryl methyl sites for hydroxylation is 3. The third-order valence-corrected chi connectivity index (χ3v) is 12.1. The number of aliphatic hydroxyl groups excluding tert-OH is 2. The van der Waals surface area contributed by atoms with Crippen molar-refractivity contribution in [1.29, 1.82) is 0 Å². The summed E-state index contributed by atoms with van der Waals surface area (Å²) in [6.07, 6.45) is 0. The van der Waals surface area contributed by atoms with Gasteiger partial charge in [-0.3, -0.25) is 19.2 Å². The molecule has 9 heteroatoms. The third-order valence-electron chi connectivity index (χ3n) is 11.3. The van der Waals surface area contributed by atoms with Crippen LogP contribution in [0.2, 0.25) is 15.1 Å². The molecule has 0 bridgehead atoms. The number of rotatable bonds is 4. The van der Waals surface area contributed by atoms with Gasteiger partial charge in [0.25, 0.3) is 0 Å². The van der Waals surface area contributed by atoms with E-state index >= 15 is 0 Å². The molecule has 0 atom stereocenters. The second-order valence-corrected chi connectivity index (χ2v) is 18.2. The summed E-state index contributed by atoms with van der Waals surface area (Å²) in [5, 5.41) is 23.5. The smallest absolute Gasteiger partial charge is 0.179 e. The summed E-state index contributed by atoms with van der Waals surface area (Å²) in [6.45, 7) is 22.9. The van der Waals surface area contributed by atoms with E-state index in [1.54, 1.807) is 73.6 Å². The summed E-state index contributed by atoms with van der Waals surface area (Å²) in [5.41, 5.74) is 3.07. The number of carbonyl (C=O) groups excluding carboxylic acids is 4. The molecule has 0 heterocycles.